The number of rotatable bonds is 3. The second kappa shape index (κ2) is 6.10. The second-order valence-corrected chi connectivity index (χ2v) is 5.60. The molecule has 0 radical (unpaired) electrons. The van der Waals surface area contributed by atoms with E-state index in [9.17, 15) is 9.59 Å². The number of ether oxygens (including phenoxy) is 2. The third kappa shape index (κ3) is 2.86. The molecule has 0 aromatic carbocycles. The molecule has 3 heterocycles. The van der Waals surface area contributed by atoms with Crippen molar-refractivity contribution in [1.29, 1.82) is 0 Å². The molecule has 0 aliphatic carbocycles. The van der Waals surface area contributed by atoms with Gasteiger partial charge in [0.2, 0.25) is 0 Å². The van der Waals surface area contributed by atoms with Crippen LogP contribution in [0.3, 0.4) is 0 Å². The van der Waals surface area contributed by atoms with Gasteiger partial charge < -0.3 is 23.9 Å². The normalized spacial score (nSPS) is 28.8. The molecule has 3 rings (SSSR count). The van der Waals surface area contributed by atoms with Crippen LogP contribution in [0.25, 0.3) is 0 Å². The lowest BCUT2D eigenvalue weighted by atomic mass is 10.1. The van der Waals surface area contributed by atoms with E-state index in [2.05, 4.69) is 0 Å². The van der Waals surface area contributed by atoms with E-state index in [-0.39, 0.29) is 11.9 Å². The minimum atomic E-state index is -1.02. The van der Waals surface area contributed by atoms with Gasteiger partial charge in [-0.1, -0.05) is 0 Å². The Kier molecular flexibility index (Phi) is 4.17. The van der Waals surface area contributed by atoms with Crippen LogP contribution in [-0.4, -0.2) is 53.8 Å². The number of nitrogens with zero attached hydrogens (tertiary/aromatic N) is 1. The van der Waals surface area contributed by atoms with Gasteiger partial charge in [-0.15, -0.1) is 0 Å². The number of carbonyl (C=O) groups is 2. The average Bonchev–Trinajstić information content (AvgIpc) is 3.15. The first-order valence-electron chi connectivity index (χ1n) is 7.39. The zero-order chi connectivity index (χ0) is 15.7. The van der Waals surface area contributed by atoms with Gasteiger partial charge in [0.25, 0.3) is 5.91 Å². The SMILES string of the molecule is Cc1ccc(C2COCCN2C(=O)[C@@H]2CC[C@H](C(=O)O)O2)o1. The van der Waals surface area contributed by atoms with Crippen molar-refractivity contribution in [3.8, 4) is 0 Å². The first-order chi connectivity index (χ1) is 10.6. The first kappa shape index (κ1) is 15.1. The molecule has 1 aromatic rings. The van der Waals surface area contributed by atoms with Crippen LogP contribution in [-0.2, 0) is 19.1 Å². The number of hydrogen-bond donors (Lipinski definition) is 1. The smallest absolute Gasteiger partial charge is 0.332 e. The summed E-state index contributed by atoms with van der Waals surface area (Å²) in [6, 6.07) is 3.39. The quantitative estimate of drug-likeness (QED) is 0.900. The molecule has 1 unspecified atom stereocenters. The highest BCUT2D eigenvalue weighted by atomic mass is 16.5. The molecule has 1 N–H and O–H groups in total. The Morgan fingerprint density at radius 1 is 1.27 bits per heavy atom. The predicted molar refractivity (Wildman–Crippen MR) is 74.2 cm³/mol. The van der Waals surface area contributed by atoms with Crippen LogP contribution in [0.15, 0.2) is 16.5 Å². The Morgan fingerprint density at radius 2 is 2.05 bits per heavy atom. The van der Waals surface area contributed by atoms with E-state index in [1.54, 1.807) is 4.90 Å². The first-order valence-corrected chi connectivity index (χ1v) is 7.39. The summed E-state index contributed by atoms with van der Waals surface area (Å²) in [5, 5.41) is 8.97. The highest BCUT2D eigenvalue weighted by Crippen LogP contribution is 2.29. The fourth-order valence-corrected chi connectivity index (χ4v) is 2.92. The van der Waals surface area contributed by atoms with Crippen molar-refractivity contribution in [2.24, 2.45) is 0 Å². The molecule has 0 saturated carbocycles. The van der Waals surface area contributed by atoms with Crippen molar-refractivity contribution in [3.05, 3.63) is 23.7 Å². The molecular formula is C15H19NO6. The van der Waals surface area contributed by atoms with Crippen LogP contribution in [0.1, 0.15) is 30.4 Å². The summed E-state index contributed by atoms with van der Waals surface area (Å²) < 4.78 is 16.4. The van der Waals surface area contributed by atoms with Gasteiger partial charge in [-0.2, -0.15) is 0 Å². The Balaban J connectivity index is 1.73. The van der Waals surface area contributed by atoms with Crippen LogP contribution in [0.5, 0.6) is 0 Å². The van der Waals surface area contributed by atoms with E-state index in [0.29, 0.717) is 38.4 Å². The number of furan rings is 1. The summed E-state index contributed by atoms with van der Waals surface area (Å²) in [6.07, 6.45) is -0.797. The van der Waals surface area contributed by atoms with Crippen molar-refractivity contribution in [2.75, 3.05) is 19.8 Å². The third-order valence-electron chi connectivity index (χ3n) is 4.07. The molecule has 0 spiro atoms. The molecule has 7 heteroatoms. The number of hydrogen-bond acceptors (Lipinski definition) is 5. The number of carboxylic acids is 1. The number of amides is 1. The molecule has 0 bridgehead atoms. The number of aliphatic carboxylic acids is 1. The molecule has 2 aliphatic heterocycles. The molecule has 2 fully saturated rings. The predicted octanol–water partition coefficient (Wildman–Crippen LogP) is 1.12. The topological polar surface area (TPSA) is 89.2 Å². The summed E-state index contributed by atoms with van der Waals surface area (Å²) in [5.41, 5.74) is 0. The Hall–Kier alpha value is -1.86. The van der Waals surface area contributed by atoms with Crippen molar-refractivity contribution in [2.45, 2.75) is 38.0 Å². The molecule has 7 nitrogen and oxygen atoms in total. The fraction of sp³-hybridized carbons (Fsp3) is 0.600. The van der Waals surface area contributed by atoms with Gasteiger partial charge >= 0.3 is 5.97 Å². The highest BCUT2D eigenvalue weighted by molar-refractivity contribution is 5.83. The van der Waals surface area contributed by atoms with E-state index in [1.807, 2.05) is 19.1 Å². The van der Waals surface area contributed by atoms with E-state index < -0.39 is 18.2 Å². The monoisotopic (exact) mass is 309 g/mol. The lowest BCUT2D eigenvalue weighted by Crippen LogP contribution is -2.47. The van der Waals surface area contributed by atoms with Crippen LogP contribution >= 0.6 is 0 Å². The van der Waals surface area contributed by atoms with Crippen LogP contribution in [0.4, 0.5) is 0 Å². The van der Waals surface area contributed by atoms with Gasteiger partial charge in [-0.25, -0.2) is 4.79 Å². The van der Waals surface area contributed by atoms with Gasteiger partial charge in [0.1, 0.15) is 23.7 Å². The van der Waals surface area contributed by atoms with Crippen molar-refractivity contribution >= 4 is 11.9 Å². The van der Waals surface area contributed by atoms with Gasteiger partial charge in [0.15, 0.2) is 6.10 Å². The maximum Gasteiger partial charge on any atom is 0.332 e. The molecule has 1 aromatic heterocycles. The molecule has 3 atom stereocenters. The average molecular weight is 309 g/mol. The van der Waals surface area contributed by atoms with E-state index in [1.165, 1.54) is 0 Å². The summed E-state index contributed by atoms with van der Waals surface area (Å²) in [4.78, 5) is 25.3. The van der Waals surface area contributed by atoms with Crippen LogP contribution in [0.2, 0.25) is 0 Å². The van der Waals surface area contributed by atoms with Gasteiger partial charge in [0, 0.05) is 6.54 Å². The van der Waals surface area contributed by atoms with Gasteiger partial charge in [-0.05, 0) is 31.9 Å². The lowest BCUT2D eigenvalue weighted by molar-refractivity contribution is -0.159. The Morgan fingerprint density at radius 3 is 2.68 bits per heavy atom. The summed E-state index contributed by atoms with van der Waals surface area (Å²) in [6.45, 7) is 3.11. The zero-order valence-corrected chi connectivity index (χ0v) is 12.4. The molecule has 2 saturated heterocycles. The number of aryl methyl sites for hydroxylation is 1. The highest BCUT2D eigenvalue weighted by Gasteiger charge is 2.40. The second-order valence-electron chi connectivity index (χ2n) is 5.60. The number of carboxylic acid groups (broad SMARTS) is 1. The summed E-state index contributed by atoms with van der Waals surface area (Å²) in [7, 11) is 0. The van der Waals surface area contributed by atoms with Crippen molar-refractivity contribution < 1.29 is 28.6 Å². The number of carbonyl (C=O) groups excluding carboxylic acids is 1. The lowest BCUT2D eigenvalue weighted by Gasteiger charge is -2.35. The third-order valence-corrected chi connectivity index (χ3v) is 4.07. The van der Waals surface area contributed by atoms with Gasteiger partial charge in [-0.3, -0.25) is 4.79 Å². The Labute approximate surface area is 127 Å². The minimum absolute atomic E-state index is 0.189. The fourth-order valence-electron chi connectivity index (χ4n) is 2.92. The molecule has 22 heavy (non-hydrogen) atoms. The van der Waals surface area contributed by atoms with E-state index in [4.69, 9.17) is 19.0 Å². The van der Waals surface area contributed by atoms with Crippen LogP contribution in [0, 0.1) is 6.92 Å². The van der Waals surface area contributed by atoms with Gasteiger partial charge in [0.05, 0.1) is 13.2 Å². The maximum atomic E-state index is 12.7. The summed E-state index contributed by atoms with van der Waals surface area (Å²) in [5.74, 6) is 0.246. The number of morpholine rings is 1. The van der Waals surface area contributed by atoms with E-state index in [0.717, 1.165) is 5.76 Å². The molecule has 2 aliphatic rings. The van der Waals surface area contributed by atoms with E-state index >= 15 is 0 Å². The summed E-state index contributed by atoms with van der Waals surface area (Å²) >= 11 is 0. The zero-order valence-electron chi connectivity index (χ0n) is 12.4. The standard InChI is InChI=1S/C15H19NO6/c1-9-2-3-11(21-9)10-8-20-7-6-16(10)14(17)12-4-5-13(22-12)15(18)19/h2-3,10,12-13H,4-8H2,1H3,(H,18,19)/t10?,12-,13+/m0/s1. The molecule has 1 amide bonds. The minimum Gasteiger partial charge on any atom is -0.479 e. The Bertz CT molecular complexity index is 568. The molecule has 120 valence electrons. The van der Waals surface area contributed by atoms with Crippen LogP contribution < -0.4 is 0 Å². The maximum absolute atomic E-state index is 12.7. The molecular weight excluding hydrogens is 290 g/mol. The largest absolute Gasteiger partial charge is 0.479 e. The van der Waals surface area contributed by atoms with Crippen molar-refractivity contribution in [3.63, 3.8) is 0 Å². The van der Waals surface area contributed by atoms with Crippen molar-refractivity contribution in [1.82, 2.24) is 4.90 Å².